The van der Waals surface area contributed by atoms with E-state index in [4.69, 9.17) is 9.84 Å². The zero-order chi connectivity index (χ0) is 23.6. The summed E-state index contributed by atoms with van der Waals surface area (Å²) in [7, 11) is 2.87. The third-order valence-corrected chi connectivity index (χ3v) is 4.95. The molecule has 0 aliphatic carbocycles. The number of ether oxygens (including phenoxy) is 2. The van der Waals surface area contributed by atoms with Crippen LogP contribution in [0.5, 0.6) is 5.75 Å². The number of carboxylic acid groups (broad SMARTS) is 1. The molecule has 0 aliphatic rings. The number of carbonyl (C=O) groups is 2. The van der Waals surface area contributed by atoms with E-state index in [0.717, 1.165) is 28.1 Å². The van der Waals surface area contributed by atoms with Crippen molar-refractivity contribution in [3.8, 4) is 16.9 Å². The molecule has 172 valence electrons. The van der Waals surface area contributed by atoms with Crippen LogP contribution in [0.2, 0.25) is 0 Å². The van der Waals surface area contributed by atoms with Gasteiger partial charge in [0, 0.05) is 23.6 Å². The van der Waals surface area contributed by atoms with Gasteiger partial charge in [-0.2, -0.15) is 0 Å². The van der Waals surface area contributed by atoms with Crippen LogP contribution in [0.1, 0.15) is 12.0 Å². The third-order valence-electron chi connectivity index (χ3n) is 4.95. The number of hydrogen-bond acceptors (Lipinski definition) is 8. The third kappa shape index (κ3) is 7.01. The fourth-order valence-corrected chi connectivity index (χ4v) is 3.16. The summed E-state index contributed by atoms with van der Waals surface area (Å²) in [6.45, 7) is 0.440. The zero-order valence-corrected chi connectivity index (χ0v) is 18.4. The van der Waals surface area contributed by atoms with E-state index < -0.39 is 18.0 Å². The largest absolute Gasteiger partial charge is 0.497 e. The number of esters is 1. The van der Waals surface area contributed by atoms with Gasteiger partial charge in [0.15, 0.2) is 0 Å². The standard InChI is InChI=1S/C24H26N4O5/c1-32-20-9-5-17(6-10-20)18-14-26-24(27-15-18)28-19-7-3-16(4-8-19)11-12-25-21(13-22(29)30)23(31)33-2/h3-10,14-15,21,25H,11-13H2,1-2H3,(H,29,30)(H,26,27,28). The number of nitrogens with one attached hydrogen (secondary N) is 2. The minimum Gasteiger partial charge on any atom is -0.497 e. The number of aliphatic carboxylic acids is 1. The van der Waals surface area contributed by atoms with Gasteiger partial charge in [0.2, 0.25) is 5.95 Å². The number of methoxy groups -OCH3 is 2. The van der Waals surface area contributed by atoms with Gasteiger partial charge < -0.3 is 25.2 Å². The quantitative estimate of drug-likeness (QED) is 0.378. The summed E-state index contributed by atoms with van der Waals surface area (Å²) in [6, 6.07) is 14.5. The molecule has 3 N–H and O–H groups in total. The number of aromatic nitrogens is 2. The smallest absolute Gasteiger partial charge is 0.323 e. The Kier molecular flexibility index (Phi) is 8.31. The summed E-state index contributed by atoms with van der Waals surface area (Å²) in [5.74, 6) is -0.375. The van der Waals surface area contributed by atoms with E-state index in [-0.39, 0.29) is 6.42 Å². The van der Waals surface area contributed by atoms with Crippen molar-refractivity contribution in [2.24, 2.45) is 0 Å². The van der Waals surface area contributed by atoms with Gasteiger partial charge in [-0.1, -0.05) is 24.3 Å². The highest BCUT2D eigenvalue weighted by Gasteiger charge is 2.21. The van der Waals surface area contributed by atoms with E-state index >= 15 is 0 Å². The first-order valence-corrected chi connectivity index (χ1v) is 10.3. The van der Waals surface area contributed by atoms with Crippen molar-refractivity contribution in [1.82, 2.24) is 15.3 Å². The lowest BCUT2D eigenvalue weighted by Gasteiger charge is -2.14. The first kappa shape index (κ1) is 23.7. The lowest BCUT2D eigenvalue weighted by molar-refractivity contribution is -0.148. The Bertz CT molecular complexity index is 1050. The number of anilines is 2. The molecule has 0 bridgehead atoms. The molecule has 0 aliphatic heterocycles. The first-order valence-electron chi connectivity index (χ1n) is 10.3. The van der Waals surface area contributed by atoms with Crippen molar-refractivity contribution < 1.29 is 24.2 Å². The van der Waals surface area contributed by atoms with Crippen molar-refractivity contribution in [2.75, 3.05) is 26.1 Å². The Morgan fingerprint density at radius 2 is 1.64 bits per heavy atom. The molecule has 1 aromatic heterocycles. The maximum atomic E-state index is 11.7. The Morgan fingerprint density at radius 1 is 0.970 bits per heavy atom. The van der Waals surface area contributed by atoms with Crippen LogP contribution in [0.4, 0.5) is 11.6 Å². The fourth-order valence-electron chi connectivity index (χ4n) is 3.16. The molecule has 0 saturated heterocycles. The van der Waals surface area contributed by atoms with E-state index in [1.54, 1.807) is 19.5 Å². The summed E-state index contributed by atoms with van der Waals surface area (Å²) in [6.07, 6.45) is 3.81. The summed E-state index contributed by atoms with van der Waals surface area (Å²) in [5, 5.41) is 15.0. The molecular formula is C24H26N4O5. The zero-order valence-electron chi connectivity index (χ0n) is 18.4. The number of hydrogen-bond donors (Lipinski definition) is 3. The predicted molar refractivity (Wildman–Crippen MR) is 124 cm³/mol. The number of rotatable bonds is 11. The van der Waals surface area contributed by atoms with Crippen molar-refractivity contribution in [3.63, 3.8) is 0 Å². The molecule has 3 rings (SSSR count). The molecule has 0 spiro atoms. The highest BCUT2D eigenvalue weighted by molar-refractivity contribution is 5.81. The minimum absolute atomic E-state index is 0.327. The predicted octanol–water partition coefficient (Wildman–Crippen LogP) is 3.04. The lowest BCUT2D eigenvalue weighted by Crippen LogP contribution is -2.40. The van der Waals surface area contributed by atoms with Crippen molar-refractivity contribution in [2.45, 2.75) is 18.9 Å². The van der Waals surface area contributed by atoms with E-state index in [1.807, 2.05) is 48.5 Å². The monoisotopic (exact) mass is 450 g/mol. The average molecular weight is 450 g/mol. The Hall–Kier alpha value is -3.98. The second-order valence-electron chi connectivity index (χ2n) is 7.22. The van der Waals surface area contributed by atoms with Crippen LogP contribution < -0.4 is 15.4 Å². The normalized spacial score (nSPS) is 11.5. The van der Waals surface area contributed by atoms with Crippen LogP contribution in [0.15, 0.2) is 60.9 Å². The van der Waals surface area contributed by atoms with E-state index in [0.29, 0.717) is 18.9 Å². The summed E-state index contributed by atoms with van der Waals surface area (Å²) >= 11 is 0. The maximum Gasteiger partial charge on any atom is 0.323 e. The van der Waals surface area contributed by atoms with Gasteiger partial charge in [0.1, 0.15) is 11.8 Å². The fraction of sp³-hybridized carbons (Fsp3) is 0.250. The van der Waals surface area contributed by atoms with Gasteiger partial charge in [-0.15, -0.1) is 0 Å². The topological polar surface area (TPSA) is 123 Å². The second kappa shape index (κ2) is 11.6. The molecule has 2 aromatic carbocycles. The molecule has 9 heteroatoms. The van der Waals surface area contributed by atoms with Gasteiger partial charge in [0.25, 0.3) is 0 Å². The lowest BCUT2D eigenvalue weighted by atomic mass is 10.1. The Morgan fingerprint density at radius 3 is 2.21 bits per heavy atom. The van der Waals surface area contributed by atoms with Crippen molar-refractivity contribution in [3.05, 3.63) is 66.5 Å². The summed E-state index contributed by atoms with van der Waals surface area (Å²) in [4.78, 5) is 31.3. The van der Waals surface area contributed by atoms with Gasteiger partial charge in [-0.25, -0.2) is 9.97 Å². The van der Waals surface area contributed by atoms with E-state index in [1.165, 1.54) is 7.11 Å². The number of nitrogens with zero attached hydrogens (tertiary/aromatic N) is 2. The highest BCUT2D eigenvalue weighted by atomic mass is 16.5. The van der Waals surface area contributed by atoms with E-state index in [2.05, 4.69) is 25.3 Å². The molecule has 1 atom stereocenters. The Labute approximate surface area is 191 Å². The van der Waals surface area contributed by atoms with Crippen LogP contribution in [-0.4, -0.2) is 53.8 Å². The molecule has 3 aromatic rings. The minimum atomic E-state index is -1.06. The summed E-state index contributed by atoms with van der Waals surface area (Å²) < 4.78 is 9.81. The number of carbonyl (C=O) groups excluding carboxylic acids is 1. The van der Waals surface area contributed by atoms with Gasteiger partial charge in [0.05, 0.1) is 20.6 Å². The molecule has 0 amide bonds. The summed E-state index contributed by atoms with van der Waals surface area (Å²) in [5.41, 5.74) is 3.77. The van der Waals surface area contributed by atoms with Crippen molar-refractivity contribution in [1.29, 1.82) is 0 Å². The molecule has 33 heavy (non-hydrogen) atoms. The maximum absolute atomic E-state index is 11.7. The van der Waals surface area contributed by atoms with Crippen LogP contribution >= 0.6 is 0 Å². The van der Waals surface area contributed by atoms with Gasteiger partial charge >= 0.3 is 11.9 Å². The van der Waals surface area contributed by atoms with Gasteiger partial charge in [-0.3, -0.25) is 9.59 Å². The average Bonchev–Trinajstić information content (AvgIpc) is 2.84. The molecule has 1 heterocycles. The molecule has 1 unspecified atom stereocenters. The molecule has 0 radical (unpaired) electrons. The highest BCUT2D eigenvalue weighted by Crippen LogP contribution is 2.22. The van der Waals surface area contributed by atoms with Crippen LogP contribution in [0.3, 0.4) is 0 Å². The molecule has 9 nitrogen and oxygen atoms in total. The SMILES string of the molecule is COC(=O)C(CC(=O)O)NCCc1ccc(Nc2ncc(-c3ccc(OC)cc3)cn2)cc1. The molecule has 0 saturated carbocycles. The second-order valence-corrected chi connectivity index (χ2v) is 7.22. The number of carboxylic acids is 1. The number of benzene rings is 2. The van der Waals surface area contributed by atoms with Crippen LogP contribution in [0, 0.1) is 0 Å². The van der Waals surface area contributed by atoms with Crippen LogP contribution in [-0.2, 0) is 20.7 Å². The van der Waals surface area contributed by atoms with Gasteiger partial charge in [-0.05, 0) is 48.4 Å². The Balaban J connectivity index is 1.52. The first-order chi connectivity index (χ1) is 16.0. The van der Waals surface area contributed by atoms with E-state index in [9.17, 15) is 9.59 Å². The molecular weight excluding hydrogens is 424 g/mol. The molecule has 0 fully saturated rings. The van der Waals surface area contributed by atoms with Crippen molar-refractivity contribution >= 4 is 23.6 Å². The van der Waals surface area contributed by atoms with Crippen LogP contribution in [0.25, 0.3) is 11.1 Å².